The summed E-state index contributed by atoms with van der Waals surface area (Å²) in [6, 6.07) is 12.7. The maximum Gasteiger partial charge on any atom is 0.189 e. The highest BCUT2D eigenvalue weighted by atomic mass is 32.1. The number of nitrogens with zero attached hydrogens (tertiary/aromatic N) is 3. The maximum atomic E-state index is 14.8. The molecular weight excluding hydrogens is 417 g/mol. The predicted molar refractivity (Wildman–Crippen MR) is 121 cm³/mol. The van der Waals surface area contributed by atoms with E-state index in [-0.39, 0.29) is 11.9 Å². The first-order chi connectivity index (χ1) is 15.1. The molecule has 0 spiro atoms. The zero-order chi connectivity index (χ0) is 21.4. The molecule has 5 rings (SSSR count). The molecule has 31 heavy (non-hydrogen) atoms. The lowest BCUT2D eigenvalue weighted by molar-refractivity contribution is 0.0941. The summed E-state index contributed by atoms with van der Waals surface area (Å²) in [5, 5.41) is 3.75. The van der Waals surface area contributed by atoms with Crippen LogP contribution in [0.15, 0.2) is 42.5 Å². The summed E-state index contributed by atoms with van der Waals surface area (Å²) in [5.41, 5.74) is 7.40. The molecule has 0 bridgehead atoms. The van der Waals surface area contributed by atoms with Gasteiger partial charge in [-0.1, -0.05) is 23.5 Å². The van der Waals surface area contributed by atoms with Crippen molar-refractivity contribution >= 4 is 33.7 Å². The van der Waals surface area contributed by atoms with E-state index in [2.05, 4.69) is 27.1 Å². The van der Waals surface area contributed by atoms with Gasteiger partial charge in [0.05, 0.1) is 10.6 Å². The number of anilines is 4. The number of nitrogen functional groups attached to an aromatic ring is 1. The van der Waals surface area contributed by atoms with E-state index in [1.54, 1.807) is 0 Å². The van der Waals surface area contributed by atoms with E-state index in [1.807, 2.05) is 36.4 Å². The summed E-state index contributed by atoms with van der Waals surface area (Å²) < 4.78 is 26.6. The summed E-state index contributed by atoms with van der Waals surface area (Å²) in [6.07, 6.45) is -0.334. The molecule has 0 radical (unpaired) electrons. The van der Waals surface area contributed by atoms with Gasteiger partial charge in [-0.2, -0.15) is 0 Å². The Morgan fingerprint density at radius 2 is 1.90 bits per heavy atom. The molecule has 9 heteroatoms. The highest BCUT2D eigenvalue weighted by molar-refractivity contribution is 7.16. The summed E-state index contributed by atoms with van der Waals surface area (Å²) in [5.74, 6) is 1.54. The first kappa shape index (κ1) is 19.9. The highest BCUT2D eigenvalue weighted by Gasteiger charge is 2.27. The normalized spacial score (nSPS) is 18.8. The number of benzene rings is 2. The van der Waals surface area contributed by atoms with Crippen molar-refractivity contribution in [3.05, 3.63) is 53.2 Å². The van der Waals surface area contributed by atoms with Gasteiger partial charge in [-0.05, 0) is 37.4 Å². The van der Waals surface area contributed by atoms with Crippen LogP contribution in [-0.4, -0.2) is 49.7 Å². The van der Waals surface area contributed by atoms with Gasteiger partial charge in [0.2, 0.25) is 0 Å². The minimum Gasteiger partial charge on any atom is -0.485 e. The fraction of sp³-hybridized carbons (Fsp3) is 0.318. The first-order valence-electron chi connectivity index (χ1n) is 10.2. The lowest BCUT2D eigenvalue weighted by Crippen LogP contribution is -2.44. The van der Waals surface area contributed by atoms with Gasteiger partial charge >= 0.3 is 0 Å². The van der Waals surface area contributed by atoms with Crippen LogP contribution in [-0.2, 0) is 0 Å². The van der Waals surface area contributed by atoms with Crippen LogP contribution in [0, 0.1) is 5.82 Å². The van der Waals surface area contributed by atoms with E-state index in [4.69, 9.17) is 15.2 Å². The number of para-hydroxylation sites is 2. The van der Waals surface area contributed by atoms with Crippen LogP contribution >= 0.6 is 11.3 Å². The molecule has 2 aliphatic heterocycles. The fourth-order valence-corrected chi connectivity index (χ4v) is 4.71. The molecule has 1 saturated heterocycles. The molecule has 7 nitrogen and oxygen atoms in total. The molecule has 3 heterocycles. The van der Waals surface area contributed by atoms with Crippen molar-refractivity contribution in [3.63, 3.8) is 0 Å². The quantitative estimate of drug-likeness (QED) is 0.637. The molecule has 0 amide bonds. The summed E-state index contributed by atoms with van der Waals surface area (Å²) in [6.45, 7) is 3.85. The number of fused-ring (bicyclic) bond motifs is 1. The molecule has 2 aromatic carbocycles. The van der Waals surface area contributed by atoms with E-state index in [1.165, 1.54) is 17.4 Å². The Labute approximate surface area is 184 Å². The average Bonchev–Trinajstić information content (AvgIpc) is 3.14. The molecule has 0 saturated carbocycles. The molecule has 1 atom stereocenters. The highest BCUT2D eigenvalue weighted by Crippen LogP contribution is 2.40. The number of nitrogens with two attached hydrogens (primary N) is 1. The van der Waals surface area contributed by atoms with Crippen molar-refractivity contribution in [1.29, 1.82) is 0 Å². The zero-order valence-corrected chi connectivity index (χ0v) is 18.0. The van der Waals surface area contributed by atoms with Crippen molar-refractivity contribution in [2.45, 2.75) is 6.10 Å². The van der Waals surface area contributed by atoms with Gasteiger partial charge < -0.3 is 30.3 Å². The Balaban J connectivity index is 1.30. The first-order valence-corrected chi connectivity index (χ1v) is 11.0. The van der Waals surface area contributed by atoms with Gasteiger partial charge in [0.15, 0.2) is 22.7 Å². The van der Waals surface area contributed by atoms with Crippen molar-refractivity contribution in [2.24, 2.45) is 0 Å². The van der Waals surface area contributed by atoms with E-state index in [0.717, 1.165) is 36.8 Å². The monoisotopic (exact) mass is 441 g/mol. The fourth-order valence-electron chi connectivity index (χ4n) is 3.79. The van der Waals surface area contributed by atoms with Crippen LogP contribution in [0.2, 0.25) is 0 Å². The van der Waals surface area contributed by atoms with Crippen molar-refractivity contribution in [1.82, 2.24) is 9.88 Å². The van der Waals surface area contributed by atoms with Gasteiger partial charge in [-0.15, -0.1) is 0 Å². The Bertz CT molecular complexity index is 1080. The Hall–Kier alpha value is -3.04. The summed E-state index contributed by atoms with van der Waals surface area (Å²) >= 11 is 1.38. The van der Waals surface area contributed by atoms with Crippen LogP contribution in [0.5, 0.6) is 11.5 Å². The molecule has 0 aliphatic carbocycles. The number of aromatic nitrogens is 1. The topological polar surface area (TPSA) is 75.9 Å². The molecule has 1 aromatic heterocycles. The van der Waals surface area contributed by atoms with Gasteiger partial charge in [-0.25, -0.2) is 9.37 Å². The lowest BCUT2D eigenvalue weighted by atomic mass is 10.2. The largest absolute Gasteiger partial charge is 0.485 e. The van der Waals surface area contributed by atoms with E-state index in [9.17, 15) is 4.39 Å². The number of rotatable bonds is 4. The third kappa shape index (κ3) is 4.11. The third-order valence-electron chi connectivity index (χ3n) is 5.53. The SMILES string of the molecule is CN1CCN(c2ccc(Nc3nc(N)c(C4COc5ccccc5O4)s3)cc2F)CC1. The van der Waals surface area contributed by atoms with E-state index in [0.29, 0.717) is 34.7 Å². The minimum atomic E-state index is -0.334. The van der Waals surface area contributed by atoms with Crippen LogP contribution < -0.4 is 25.4 Å². The smallest absolute Gasteiger partial charge is 0.189 e. The van der Waals surface area contributed by atoms with Crippen LogP contribution in [0.3, 0.4) is 0 Å². The maximum absolute atomic E-state index is 14.8. The van der Waals surface area contributed by atoms with Gasteiger partial charge in [0.25, 0.3) is 0 Å². The lowest BCUT2D eigenvalue weighted by Gasteiger charge is -2.34. The number of nitrogens with one attached hydrogen (secondary N) is 1. The van der Waals surface area contributed by atoms with E-state index < -0.39 is 0 Å². The standard InChI is InChI=1S/C22H24FN5O2S/c1-27-8-10-28(11-9-27)16-7-6-14(12-15(16)23)25-22-26-21(24)20(31-22)19-13-29-17-4-2-3-5-18(17)30-19/h2-7,12,19H,8-11,13,24H2,1H3,(H,25,26). The van der Waals surface area contributed by atoms with Crippen molar-refractivity contribution in [3.8, 4) is 11.5 Å². The number of ether oxygens (including phenoxy) is 2. The second-order valence-electron chi connectivity index (χ2n) is 7.71. The summed E-state index contributed by atoms with van der Waals surface area (Å²) in [7, 11) is 2.08. The number of hydrogen-bond donors (Lipinski definition) is 2. The number of halogens is 1. The van der Waals surface area contributed by atoms with Gasteiger partial charge in [0, 0.05) is 31.9 Å². The summed E-state index contributed by atoms with van der Waals surface area (Å²) in [4.78, 5) is 9.51. The van der Waals surface area contributed by atoms with Gasteiger partial charge in [-0.3, -0.25) is 0 Å². The zero-order valence-electron chi connectivity index (χ0n) is 17.2. The predicted octanol–water partition coefficient (Wildman–Crippen LogP) is 3.87. The third-order valence-corrected chi connectivity index (χ3v) is 6.60. The van der Waals surface area contributed by atoms with Crippen LogP contribution in [0.25, 0.3) is 0 Å². The van der Waals surface area contributed by atoms with Gasteiger partial charge in [0.1, 0.15) is 18.2 Å². The van der Waals surface area contributed by atoms with Crippen LogP contribution in [0.1, 0.15) is 11.0 Å². The Morgan fingerprint density at radius 1 is 1.13 bits per heavy atom. The van der Waals surface area contributed by atoms with Crippen molar-refractivity contribution in [2.75, 3.05) is 55.8 Å². The van der Waals surface area contributed by atoms with Crippen molar-refractivity contribution < 1.29 is 13.9 Å². The molecule has 1 fully saturated rings. The number of piperazine rings is 1. The van der Waals surface area contributed by atoms with E-state index >= 15 is 0 Å². The number of likely N-dealkylation sites (N-methyl/N-ethyl adjacent to an activating group) is 1. The molecule has 3 aromatic rings. The molecule has 162 valence electrons. The molecule has 3 N–H and O–H groups in total. The molecular formula is C22H24FN5O2S. The number of thiazole rings is 1. The Kier molecular flexibility index (Phi) is 5.29. The molecule has 1 unspecified atom stereocenters. The van der Waals surface area contributed by atoms with Crippen LogP contribution in [0.4, 0.5) is 26.7 Å². The second kappa shape index (κ2) is 8.24. The average molecular weight is 442 g/mol. The number of hydrogen-bond acceptors (Lipinski definition) is 8. The molecule has 2 aliphatic rings. The Morgan fingerprint density at radius 3 is 2.68 bits per heavy atom. The second-order valence-corrected chi connectivity index (χ2v) is 8.74. The minimum absolute atomic E-state index is 0.250.